The molecule has 1 heterocycles. The Kier molecular flexibility index (Phi) is 10.7. The first-order valence-corrected chi connectivity index (χ1v) is 25.2. The zero-order valence-electron chi connectivity index (χ0n) is 40.7. The quantitative estimate of drug-likeness (QED) is 0.121. The molecule has 12 aromatic carbocycles. The van der Waals surface area contributed by atoms with Crippen LogP contribution in [0.5, 0.6) is 0 Å². The third kappa shape index (κ3) is 7.03. The molecule has 0 aliphatic carbocycles. The van der Waals surface area contributed by atoms with E-state index in [0.717, 1.165) is 73.6 Å². The first kappa shape index (κ1) is 43.1. The zero-order chi connectivity index (χ0) is 48.3. The fraction of sp³-hybridized carbons (Fsp3) is 0.0725. The maximum absolute atomic E-state index is 7.09. The SMILES string of the molecule is CCC(C)c1c(-c2ccccc2)cccc1-c1cccc(N(c2ccccc2)c2ccc3ccc4c(N(c5ccccc5)c5cccc6c5oc5c(-c7ccccc7)cccc56)ccc5ccc2c3c54)c1C. The second kappa shape index (κ2) is 17.8. The highest BCUT2D eigenvalue weighted by Crippen LogP contribution is 2.51. The molecule has 0 aliphatic heterocycles. The van der Waals surface area contributed by atoms with Gasteiger partial charge in [-0.3, -0.25) is 0 Å². The van der Waals surface area contributed by atoms with Crippen LogP contribution in [0.4, 0.5) is 34.1 Å². The van der Waals surface area contributed by atoms with Crippen LogP contribution in [-0.4, -0.2) is 0 Å². The number of hydrogen-bond donors (Lipinski definition) is 0. The molecule has 3 nitrogen and oxygen atoms in total. The van der Waals surface area contributed by atoms with Crippen LogP contribution in [-0.2, 0) is 0 Å². The van der Waals surface area contributed by atoms with Crippen LogP contribution >= 0.6 is 0 Å². The molecular formula is C69H52N2O. The van der Waals surface area contributed by atoms with Crippen molar-refractivity contribution in [2.24, 2.45) is 0 Å². The van der Waals surface area contributed by atoms with Gasteiger partial charge in [0.25, 0.3) is 0 Å². The predicted octanol–water partition coefficient (Wildman–Crippen LogP) is 20.2. The highest BCUT2D eigenvalue weighted by Gasteiger charge is 2.26. The average molecular weight is 925 g/mol. The molecule has 0 amide bonds. The molecule has 0 N–H and O–H groups in total. The third-order valence-corrected chi connectivity index (χ3v) is 15.1. The Morgan fingerprint density at radius 3 is 1.40 bits per heavy atom. The number of benzene rings is 12. The van der Waals surface area contributed by atoms with E-state index in [2.05, 4.69) is 273 Å². The van der Waals surface area contributed by atoms with Crippen molar-refractivity contribution in [2.45, 2.75) is 33.1 Å². The topological polar surface area (TPSA) is 19.6 Å². The second-order valence-electron chi connectivity index (χ2n) is 19.1. The van der Waals surface area contributed by atoms with Gasteiger partial charge >= 0.3 is 0 Å². The highest BCUT2D eigenvalue weighted by atomic mass is 16.3. The molecule has 0 bridgehead atoms. The summed E-state index contributed by atoms with van der Waals surface area (Å²) in [5.41, 5.74) is 18.2. The summed E-state index contributed by atoms with van der Waals surface area (Å²) in [7, 11) is 0. The van der Waals surface area contributed by atoms with E-state index in [1.165, 1.54) is 65.7 Å². The number of rotatable bonds is 11. The molecule has 0 fully saturated rings. The number of fused-ring (bicyclic) bond motifs is 3. The van der Waals surface area contributed by atoms with Crippen molar-refractivity contribution in [3.8, 4) is 33.4 Å². The Labute approximate surface area is 420 Å². The van der Waals surface area contributed by atoms with Crippen molar-refractivity contribution in [2.75, 3.05) is 9.80 Å². The van der Waals surface area contributed by atoms with Gasteiger partial charge in [0.15, 0.2) is 5.58 Å². The lowest BCUT2D eigenvalue weighted by Crippen LogP contribution is -2.13. The minimum absolute atomic E-state index is 0.365. The van der Waals surface area contributed by atoms with Crippen LogP contribution in [0.25, 0.3) is 87.6 Å². The van der Waals surface area contributed by atoms with Gasteiger partial charge in [-0.1, -0.05) is 208 Å². The molecule has 1 aromatic heterocycles. The number of furan rings is 1. The molecule has 0 radical (unpaired) electrons. The minimum Gasteiger partial charge on any atom is -0.453 e. The number of anilines is 6. The van der Waals surface area contributed by atoms with Crippen LogP contribution < -0.4 is 9.80 Å². The molecule has 1 atom stereocenters. The Balaban J connectivity index is 1.02. The smallest absolute Gasteiger partial charge is 0.159 e. The van der Waals surface area contributed by atoms with Gasteiger partial charge in [-0.2, -0.15) is 0 Å². The highest BCUT2D eigenvalue weighted by molar-refractivity contribution is 6.28. The van der Waals surface area contributed by atoms with E-state index >= 15 is 0 Å². The molecule has 13 rings (SSSR count). The summed E-state index contributed by atoms with van der Waals surface area (Å²) < 4.78 is 7.09. The van der Waals surface area contributed by atoms with Gasteiger partial charge < -0.3 is 14.2 Å². The lowest BCUT2D eigenvalue weighted by Gasteiger charge is -2.31. The lowest BCUT2D eigenvalue weighted by molar-refractivity contribution is 0.670. The van der Waals surface area contributed by atoms with Crippen LogP contribution in [0.2, 0.25) is 0 Å². The molecule has 0 saturated heterocycles. The average Bonchev–Trinajstić information content (AvgIpc) is 3.84. The van der Waals surface area contributed by atoms with Crippen LogP contribution in [0.15, 0.2) is 247 Å². The lowest BCUT2D eigenvalue weighted by atomic mass is 9.83. The van der Waals surface area contributed by atoms with Crippen LogP contribution in [0.3, 0.4) is 0 Å². The van der Waals surface area contributed by atoms with Gasteiger partial charge in [0.2, 0.25) is 0 Å². The van der Waals surface area contributed by atoms with E-state index in [0.29, 0.717) is 5.92 Å². The summed E-state index contributed by atoms with van der Waals surface area (Å²) in [6.45, 7) is 6.98. The van der Waals surface area contributed by atoms with E-state index in [9.17, 15) is 0 Å². The second-order valence-corrected chi connectivity index (χ2v) is 19.1. The molecule has 344 valence electrons. The van der Waals surface area contributed by atoms with Gasteiger partial charge in [0, 0.05) is 44.2 Å². The summed E-state index contributed by atoms with van der Waals surface area (Å²) in [6, 6.07) is 88.3. The van der Waals surface area contributed by atoms with Crippen molar-refractivity contribution in [3.63, 3.8) is 0 Å². The molecule has 3 heteroatoms. The number of para-hydroxylation sites is 4. The molecule has 0 saturated carbocycles. The van der Waals surface area contributed by atoms with Gasteiger partial charge in [0.1, 0.15) is 5.58 Å². The first-order valence-electron chi connectivity index (χ1n) is 25.2. The first-order chi connectivity index (χ1) is 35.6. The molecule has 0 spiro atoms. The maximum Gasteiger partial charge on any atom is 0.159 e. The Hall–Kier alpha value is -8.92. The van der Waals surface area contributed by atoms with E-state index in [4.69, 9.17) is 4.42 Å². The third-order valence-electron chi connectivity index (χ3n) is 15.1. The van der Waals surface area contributed by atoms with Gasteiger partial charge in [-0.25, -0.2) is 0 Å². The van der Waals surface area contributed by atoms with Crippen molar-refractivity contribution in [1.82, 2.24) is 0 Å². The molecule has 1 unspecified atom stereocenters. The van der Waals surface area contributed by atoms with Gasteiger partial charge in [0.05, 0.1) is 17.1 Å². The fourth-order valence-electron chi connectivity index (χ4n) is 11.5. The Morgan fingerprint density at radius 2 is 0.806 bits per heavy atom. The summed E-state index contributed by atoms with van der Waals surface area (Å²) >= 11 is 0. The largest absolute Gasteiger partial charge is 0.453 e. The Morgan fingerprint density at radius 1 is 0.361 bits per heavy atom. The van der Waals surface area contributed by atoms with E-state index in [-0.39, 0.29) is 0 Å². The summed E-state index contributed by atoms with van der Waals surface area (Å²) in [4.78, 5) is 4.88. The van der Waals surface area contributed by atoms with E-state index < -0.39 is 0 Å². The standard InChI is InChI=1S/C69H52N2O/c1-4-45(2)65-54(47-21-9-5-10-22-47)30-17-32-56(65)53-29-19-35-61(46(53)3)70(51-25-13-7-14-26-51)62-43-39-49-38-42-60-63(44-40-50-37-41-59(62)66(49)67(50)60)71(52-27-15-8-16-28-52)64-36-20-34-58-57-33-18-31-55(68(57)72-69(58)64)48-23-11-6-12-24-48/h5-45H,4H2,1-3H3. The summed E-state index contributed by atoms with van der Waals surface area (Å²) in [5.74, 6) is 0.365. The van der Waals surface area contributed by atoms with E-state index in [1.54, 1.807) is 0 Å². The monoisotopic (exact) mass is 924 g/mol. The van der Waals surface area contributed by atoms with Crippen molar-refractivity contribution >= 4 is 88.4 Å². The molecule has 13 aromatic rings. The van der Waals surface area contributed by atoms with Gasteiger partial charge in [-0.05, 0) is 128 Å². The van der Waals surface area contributed by atoms with Crippen molar-refractivity contribution in [1.29, 1.82) is 0 Å². The minimum atomic E-state index is 0.365. The number of nitrogens with zero attached hydrogens (tertiary/aromatic N) is 2. The van der Waals surface area contributed by atoms with Crippen molar-refractivity contribution in [3.05, 3.63) is 254 Å². The fourth-order valence-corrected chi connectivity index (χ4v) is 11.5. The summed E-state index contributed by atoms with van der Waals surface area (Å²) in [5, 5.41) is 9.45. The Bertz CT molecular complexity index is 4100. The van der Waals surface area contributed by atoms with Crippen molar-refractivity contribution < 1.29 is 4.42 Å². The van der Waals surface area contributed by atoms with E-state index in [1.807, 2.05) is 0 Å². The molecule has 72 heavy (non-hydrogen) atoms. The molecular weight excluding hydrogens is 873 g/mol. The number of hydrogen-bond acceptors (Lipinski definition) is 3. The van der Waals surface area contributed by atoms with Crippen LogP contribution in [0.1, 0.15) is 37.3 Å². The van der Waals surface area contributed by atoms with Crippen LogP contribution in [0, 0.1) is 6.92 Å². The zero-order valence-corrected chi connectivity index (χ0v) is 40.7. The summed E-state index contributed by atoms with van der Waals surface area (Å²) in [6.07, 6.45) is 1.05. The maximum atomic E-state index is 7.09. The normalized spacial score (nSPS) is 12.1. The predicted molar refractivity (Wildman–Crippen MR) is 307 cm³/mol. The van der Waals surface area contributed by atoms with Gasteiger partial charge in [-0.15, -0.1) is 0 Å². The molecule has 0 aliphatic rings.